The molecule has 0 heterocycles. The molecular formula is C12H16BrN. The lowest BCUT2D eigenvalue weighted by Gasteiger charge is -2.15. The maximum absolute atomic E-state index is 3.50. The summed E-state index contributed by atoms with van der Waals surface area (Å²) in [5.74, 6) is 0. The molecule has 0 aliphatic heterocycles. The molecule has 1 aromatic rings. The molecule has 2 heteroatoms. The van der Waals surface area contributed by atoms with Crippen molar-refractivity contribution in [3.05, 3.63) is 34.3 Å². The van der Waals surface area contributed by atoms with E-state index in [0.29, 0.717) is 0 Å². The summed E-state index contributed by atoms with van der Waals surface area (Å²) in [6.45, 7) is 1.18. The fraction of sp³-hybridized carbons (Fsp3) is 0.500. The minimum absolute atomic E-state index is 0.877. The predicted octanol–water partition coefficient (Wildman–Crippen LogP) is 3.09. The Balaban J connectivity index is 1.84. The minimum atomic E-state index is 0.877. The molecule has 1 saturated carbocycles. The summed E-state index contributed by atoms with van der Waals surface area (Å²) >= 11 is 3.50. The van der Waals surface area contributed by atoms with Gasteiger partial charge >= 0.3 is 0 Å². The molecule has 0 amide bonds. The molecule has 1 fully saturated rings. The molecule has 0 N–H and O–H groups in total. The Morgan fingerprint density at radius 1 is 1.43 bits per heavy atom. The van der Waals surface area contributed by atoms with Gasteiger partial charge in [-0.05, 0) is 44.0 Å². The van der Waals surface area contributed by atoms with Crippen LogP contribution in [0.15, 0.2) is 28.7 Å². The Labute approximate surface area is 94.2 Å². The van der Waals surface area contributed by atoms with E-state index in [0.717, 1.165) is 12.5 Å². The second-order valence-corrected chi connectivity index (χ2v) is 5.01. The standard InChI is InChI=1S/C12H16BrN/c1-14(12-5-6-12)8-7-10-3-2-4-11(13)9-10/h2-4,9,12H,5-8H2,1H3. The molecule has 76 valence electrons. The van der Waals surface area contributed by atoms with Crippen molar-refractivity contribution in [2.24, 2.45) is 0 Å². The van der Waals surface area contributed by atoms with Crippen molar-refractivity contribution >= 4 is 15.9 Å². The summed E-state index contributed by atoms with van der Waals surface area (Å²) < 4.78 is 1.18. The molecule has 2 rings (SSSR count). The largest absolute Gasteiger partial charge is 0.303 e. The zero-order valence-corrected chi connectivity index (χ0v) is 10.1. The van der Waals surface area contributed by atoms with Crippen LogP contribution in [0.25, 0.3) is 0 Å². The Morgan fingerprint density at radius 3 is 2.86 bits per heavy atom. The summed E-state index contributed by atoms with van der Waals surface area (Å²) in [5, 5.41) is 0. The van der Waals surface area contributed by atoms with Gasteiger partial charge in [-0.25, -0.2) is 0 Å². The molecular weight excluding hydrogens is 238 g/mol. The van der Waals surface area contributed by atoms with Gasteiger partial charge in [-0.2, -0.15) is 0 Å². The molecule has 0 bridgehead atoms. The number of halogens is 1. The highest BCUT2D eigenvalue weighted by atomic mass is 79.9. The van der Waals surface area contributed by atoms with Crippen LogP contribution in [0, 0.1) is 0 Å². The lowest BCUT2D eigenvalue weighted by Crippen LogP contribution is -2.23. The molecule has 0 radical (unpaired) electrons. The fourth-order valence-corrected chi connectivity index (χ4v) is 2.14. The smallest absolute Gasteiger partial charge is 0.0178 e. The molecule has 0 atom stereocenters. The molecule has 1 aliphatic rings. The van der Waals surface area contributed by atoms with Crippen LogP contribution in [0.5, 0.6) is 0 Å². The van der Waals surface area contributed by atoms with Gasteiger partial charge in [-0.1, -0.05) is 28.1 Å². The zero-order chi connectivity index (χ0) is 9.97. The topological polar surface area (TPSA) is 3.24 Å². The van der Waals surface area contributed by atoms with Crippen LogP contribution in [0.4, 0.5) is 0 Å². The van der Waals surface area contributed by atoms with Crippen molar-refractivity contribution in [1.82, 2.24) is 4.90 Å². The average molecular weight is 254 g/mol. The van der Waals surface area contributed by atoms with Crippen LogP contribution in [-0.2, 0) is 6.42 Å². The summed E-state index contributed by atoms with van der Waals surface area (Å²) in [4.78, 5) is 2.47. The first-order valence-corrected chi connectivity index (χ1v) is 6.00. The van der Waals surface area contributed by atoms with Crippen molar-refractivity contribution in [2.75, 3.05) is 13.6 Å². The lowest BCUT2D eigenvalue weighted by atomic mass is 10.1. The Kier molecular flexibility index (Phi) is 3.24. The summed E-state index contributed by atoms with van der Waals surface area (Å²) in [5.41, 5.74) is 1.42. The number of likely N-dealkylation sites (N-methyl/N-ethyl adjacent to an activating group) is 1. The number of nitrogens with zero attached hydrogens (tertiary/aromatic N) is 1. The number of hydrogen-bond acceptors (Lipinski definition) is 1. The monoisotopic (exact) mass is 253 g/mol. The van der Waals surface area contributed by atoms with Crippen LogP contribution in [-0.4, -0.2) is 24.5 Å². The van der Waals surface area contributed by atoms with Gasteiger partial charge in [0.25, 0.3) is 0 Å². The Morgan fingerprint density at radius 2 is 2.21 bits per heavy atom. The molecule has 1 nitrogen and oxygen atoms in total. The SMILES string of the molecule is CN(CCc1cccc(Br)c1)C1CC1. The van der Waals surface area contributed by atoms with Crippen LogP contribution in [0.3, 0.4) is 0 Å². The van der Waals surface area contributed by atoms with E-state index in [-0.39, 0.29) is 0 Å². The van der Waals surface area contributed by atoms with E-state index in [1.165, 1.54) is 29.4 Å². The molecule has 0 spiro atoms. The summed E-state index contributed by atoms with van der Waals surface area (Å²) in [6, 6.07) is 9.47. The van der Waals surface area contributed by atoms with Crippen molar-refractivity contribution in [2.45, 2.75) is 25.3 Å². The molecule has 0 unspecified atom stereocenters. The Hall–Kier alpha value is -0.340. The number of hydrogen-bond donors (Lipinski definition) is 0. The maximum atomic E-state index is 3.50. The van der Waals surface area contributed by atoms with Crippen LogP contribution in [0.2, 0.25) is 0 Å². The number of benzene rings is 1. The first-order valence-electron chi connectivity index (χ1n) is 5.20. The van der Waals surface area contributed by atoms with Gasteiger partial charge in [-0.15, -0.1) is 0 Å². The first kappa shape index (κ1) is 10.2. The fourth-order valence-electron chi connectivity index (χ4n) is 1.70. The normalized spacial score (nSPS) is 16.2. The van der Waals surface area contributed by atoms with Crippen molar-refractivity contribution < 1.29 is 0 Å². The van der Waals surface area contributed by atoms with E-state index in [2.05, 4.69) is 52.1 Å². The lowest BCUT2D eigenvalue weighted by molar-refractivity contribution is 0.328. The highest BCUT2D eigenvalue weighted by Gasteiger charge is 2.25. The average Bonchev–Trinajstić information content (AvgIpc) is 2.97. The van der Waals surface area contributed by atoms with Gasteiger partial charge in [0.05, 0.1) is 0 Å². The van der Waals surface area contributed by atoms with Gasteiger partial charge in [0.1, 0.15) is 0 Å². The maximum Gasteiger partial charge on any atom is 0.0178 e. The second-order valence-electron chi connectivity index (χ2n) is 4.09. The summed E-state index contributed by atoms with van der Waals surface area (Å²) in [7, 11) is 2.23. The predicted molar refractivity (Wildman–Crippen MR) is 63.5 cm³/mol. The van der Waals surface area contributed by atoms with E-state index in [1.54, 1.807) is 0 Å². The first-order chi connectivity index (χ1) is 6.75. The van der Waals surface area contributed by atoms with Crippen LogP contribution >= 0.6 is 15.9 Å². The number of rotatable bonds is 4. The zero-order valence-electron chi connectivity index (χ0n) is 8.54. The molecule has 1 aromatic carbocycles. The van der Waals surface area contributed by atoms with E-state index < -0.39 is 0 Å². The molecule has 1 aliphatic carbocycles. The van der Waals surface area contributed by atoms with E-state index in [1.807, 2.05) is 0 Å². The van der Waals surface area contributed by atoms with E-state index in [9.17, 15) is 0 Å². The molecule has 0 saturated heterocycles. The molecule has 0 aromatic heterocycles. The summed E-state index contributed by atoms with van der Waals surface area (Å²) in [6.07, 6.45) is 3.95. The van der Waals surface area contributed by atoms with E-state index >= 15 is 0 Å². The van der Waals surface area contributed by atoms with Crippen LogP contribution < -0.4 is 0 Å². The van der Waals surface area contributed by atoms with E-state index in [4.69, 9.17) is 0 Å². The van der Waals surface area contributed by atoms with Crippen LogP contribution in [0.1, 0.15) is 18.4 Å². The third-order valence-corrected chi connectivity index (χ3v) is 3.31. The molecule has 14 heavy (non-hydrogen) atoms. The second kappa shape index (κ2) is 4.45. The van der Waals surface area contributed by atoms with Gasteiger partial charge in [0, 0.05) is 17.1 Å². The Bertz CT molecular complexity index is 307. The van der Waals surface area contributed by atoms with Gasteiger partial charge < -0.3 is 4.90 Å². The van der Waals surface area contributed by atoms with Gasteiger partial charge in [0.15, 0.2) is 0 Å². The van der Waals surface area contributed by atoms with Crippen molar-refractivity contribution in [3.8, 4) is 0 Å². The highest BCUT2D eigenvalue weighted by Crippen LogP contribution is 2.25. The van der Waals surface area contributed by atoms with Crippen molar-refractivity contribution in [1.29, 1.82) is 0 Å². The quantitative estimate of drug-likeness (QED) is 0.798. The van der Waals surface area contributed by atoms with Crippen molar-refractivity contribution in [3.63, 3.8) is 0 Å². The minimum Gasteiger partial charge on any atom is -0.303 e. The third-order valence-electron chi connectivity index (χ3n) is 2.81. The third kappa shape index (κ3) is 2.82. The van der Waals surface area contributed by atoms with Gasteiger partial charge in [0.2, 0.25) is 0 Å². The van der Waals surface area contributed by atoms with Gasteiger partial charge in [-0.3, -0.25) is 0 Å². The highest BCUT2D eigenvalue weighted by molar-refractivity contribution is 9.10.